The van der Waals surface area contributed by atoms with Gasteiger partial charge >= 0.3 is 0 Å². The molecule has 2 heterocycles. The minimum absolute atomic E-state index is 0.0257. The van der Waals surface area contributed by atoms with Crippen molar-refractivity contribution < 1.29 is 9.18 Å². The highest BCUT2D eigenvalue weighted by Gasteiger charge is 2.22. The molecule has 0 atom stereocenters. The van der Waals surface area contributed by atoms with Gasteiger partial charge in [-0.3, -0.25) is 9.78 Å². The van der Waals surface area contributed by atoms with Gasteiger partial charge in [0, 0.05) is 30.7 Å². The highest BCUT2D eigenvalue weighted by atomic mass is 19.1. The first-order valence-corrected chi connectivity index (χ1v) is 10.7. The Morgan fingerprint density at radius 3 is 2.70 bits per heavy atom. The van der Waals surface area contributed by atoms with Crippen LogP contribution in [0.4, 0.5) is 4.39 Å². The van der Waals surface area contributed by atoms with E-state index in [1.165, 1.54) is 17.7 Å². The molecule has 1 aliphatic rings. The molecule has 0 N–H and O–H groups in total. The van der Waals surface area contributed by atoms with Crippen molar-refractivity contribution in [2.45, 2.75) is 26.2 Å². The van der Waals surface area contributed by atoms with Crippen molar-refractivity contribution >= 4 is 16.8 Å². The number of aryl methyl sites for hydroxylation is 2. The van der Waals surface area contributed by atoms with Crippen LogP contribution in [0.5, 0.6) is 0 Å². The average Bonchev–Trinajstić information content (AvgIpc) is 2.99. The van der Waals surface area contributed by atoms with E-state index in [4.69, 9.17) is 0 Å². The zero-order valence-electron chi connectivity index (χ0n) is 17.5. The smallest absolute Gasteiger partial charge is 0.254 e. The molecule has 0 radical (unpaired) electrons. The van der Waals surface area contributed by atoms with Crippen molar-refractivity contribution in [2.75, 3.05) is 32.7 Å². The Hall–Kier alpha value is -2.79. The van der Waals surface area contributed by atoms with E-state index in [1.807, 2.05) is 17.9 Å². The molecule has 1 fully saturated rings. The predicted molar refractivity (Wildman–Crippen MR) is 118 cm³/mol. The van der Waals surface area contributed by atoms with Gasteiger partial charge < -0.3 is 9.80 Å². The van der Waals surface area contributed by atoms with Crippen LogP contribution in [0.3, 0.4) is 0 Å². The SMILES string of the molecule is Cc1cc(C(=O)N2CCCN(CCCc3ccccc3)CC2)c2cc(F)ccc2n1. The largest absolute Gasteiger partial charge is 0.337 e. The quantitative estimate of drug-likeness (QED) is 0.629. The van der Waals surface area contributed by atoms with Crippen LogP contribution in [0, 0.1) is 12.7 Å². The second-order valence-corrected chi connectivity index (χ2v) is 8.05. The molecule has 156 valence electrons. The van der Waals surface area contributed by atoms with E-state index in [1.54, 1.807) is 12.1 Å². The van der Waals surface area contributed by atoms with Crippen molar-refractivity contribution in [2.24, 2.45) is 0 Å². The second-order valence-electron chi connectivity index (χ2n) is 8.05. The van der Waals surface area contributed by atoms with Crippen LogP contribution in [-0.2, 0) is 6.42 Å². The number of hydrogen-bond donors (Lipinski definition) is 0. The molecule has 5 heteroatoms. The molecule has 4 rings (SSSR count). The summed E-state index contributed by atoms with van der Waals surface area (Å²) in [6, 6.07) is 16.8. The molecule has 4 nitrogen and oxygen atoms in total. The molecule has 3 aromatic rings. The Morgan fingerprint density at radius 2 is 1.87 bits per heavy atom. The molecular weight excluding hydrogens is 377 g/mol. The maximum atomic E-state index is 13.8. The summed E-state index contributed by atoms with van der Waals surface area (Å²) in [5.41, 5.74) is 3.36. The molecular formula is C25H28FN3O. The summed E-state index contributed by atoms with van der Waals surface area (Å²) in [5, 5.41) is 0.592. The number of carbonyl (C=O) groups excluding carboxylic acids is 1. The van der Waals surface area contributed by atoms with Gasteiger partial charge in [-0.15, -0.1) is 0 Å². The Balaban J connectivity index is 1.40. The van der Waals surface area contributed by atoms with Crippen LogP contribution in [0.2, 0.25) is 0 Å². The zero-order valence-corrected chi connectivity index (χ0v) is 17.5. The van der Waals surface area contributed by atoms with Gasteiger partial charge in [-0.05, 0) is 69.1 Å². The number of pyridine rings is 1. The Bertz CT molecular complexity index is 1020. The fourth-order valence-electron chi connectivity index (χ4n) is 4.23. The topological polar surface area (TPSA) is 36.4 Å². The lowest BCUT2D eigenvalue weighted by Crippen LogP contribution is -2.35. The van der Waals surface area contributed by atoms with Crippen molar-refractivity contribution in [3.8, 4) is 0 Å². The van der Waals surface area contributed by atoms with Crippen molar-refractivity contribution in [3.05, 3.63) is 77.2 Å². The number of rotatable bonds is 5. The average molecular weight is 406 g/mol. The fourth-order valence-corrected chi connectivity index (χ4v) is 4.23. The summed E-state index contributed by atoms with van der Waals surface area (Å²) < 4.78 is 13.8. The molecule has 0 bridgehead atoms. The van der Waals surface area contributed by atoms with Crippen molar-refractivity contribution in [1.29, 1.82) is 0 Å². The maximum absolute atomic E-state index is 13.8. The summed E-state index contributed by atoms with van der Waals surface area (Å²) >= 11 is 0. The van der Waals surface area contributed by atoms with Gasteiger partial charge in [0.15, 0.2) is 0 Å². The van der Waals surface area contributed by atoms with Gasteiger partial charge in [0.2, 0.25) is 0 Å². The number of aromatic nitrogens is 1. The lowest BCUT2D eigenvalue weighted by molar-refractivity contribution is 0.0763. The number of benzene rings is 2. The highest BCUT2D eigenvalue weighted by Crippen LogP contribution is 2.22. The number of fused-ring (bicyclic) bond motifs is 1. The summed E-state index contributed by atoms with van der Waals surface area (Å²) in [4.78, 5) is 22.1. The third-order valence-corrected chi connectivity index (χ3v) is 5.79. The molecule has 0 aliphatic carbocycles. The Kier molecular flexibility index (Phi) is 6.38. The molecule has 1 aromatic heterocycles. The molecule has 0 unspecified atom stereocenters. The highest BCUT2D eigenvalue weighted by molar-refractivity contribution is 6.06. The summed E-state index contributed by atoms with van der Waals surface area (Å²) in [7, 11) is 0. The van der Waals surface area contributed by atoms with E-state index >= 15 is 0 Å². The van der Waals surface area contributed by atoms with Crippen LogP contribution in [0.15, 0.2) is 54.6 Å². The van der Waals surface area contributed by atoms with E-state index in [9.17, 15) is 9.18 Å². The first-order chi connectivity index (χ1) is 14.6. The van der Waals surface area contributed by atoms with E-state index in [0.29, 0.717) is 23.0 Å². The molecule has 1 saturated heterocycles. The monoisotopic (exact) mass is 405 g/mol. The minimum Gasteiger partial charge on any atom is -0.337 e. The number of nitrogens with zero attached hydrogens (tertiary/aromatic N) is 3. The second kappa shape index (κ2) is 9.35. The number of halogens is 1. The van der Waals surface area contributed by atoms with Gasteiger partial charge in [-0.1, -0.05) is 30.3 Å². The molecule has 1 aliphatic heterocycles. The lowest BCUT2D eigenvalue weighted by Gasteiger charge is -2.23. The van der Waals surface area contributed by atoms with Gasteiger partial charge in [0.05, 0.1) is 11.1 Å². The Labute approximate surface area is 177 Å². The number of amides is 1. The van der Waals surface area contributed by atoms with Crippen molar-refractivity contribution in [3.63, 3.8) is 0 Å². The van der Waals surface area contributed by atoms with Crippen LogP contribution in [0.25, 0.3) is 10.9 Å². The van der Waals surface area contributed by atoms with Crippen LogP contribution in [0.1, 0.15) is 34.5 Å². The van der Waals surface area contributed by atoms with Crippen LogP contribution >= 0.6 is 0 Å². The molecule has 0 saturated carbocycles. The first kappa shape index (κ1) is 20.5. The third kappa shape index (κ3) is 4.85. The van der Waals surface area contributed by atoms with Gasteiger partial charge in [0.25, 0.3) is 5.91 Å². The normalized spacial score (nSPS) is 15.3. The van der Waals surface area contributed by atoms with E-state index in [-0.39, 0.29) is 11.7 Å². The standard InChI is InChI=1S/C25H28FN3O/c1-19-17-23(22-18-21(26)10-11-24(22)27-19)25(30)29-14-6-13-28(15-16-29)12-5-9-20-7-3-2-4-8-20/h2-4,7-8,10-11,17-18H,5-6,9,12-16H2,1H3. The van der Waals surface area contributed by atoms with E-state index in [2.05, 4.69) is 34.1 Å². The molecule has 30 heavy (non-hydrogen) atoms. The maximum Gasteiger partial charge on any atom is 0.254 e. The molecule has 2 aromatic carbocycles. The van der Waals surface area contributed by atoms with E-state index < -0.39 is 0 Å². The Morgan fingerprint density at radius 1 is 1.03 bits per heavy atom. The van der Waals surface area contributed by atoms with Crippen LogP contribution < -0.4 is 0 Å². The van der Waals surface area contributed by atoms with Gasteiger partial charge in [0.1, 0.15) is 5.82 Å². The van der Waals surface area contributed by atoms with E-state index in [0.717, 1.165) is 51.1 Å². The first-order valence-electron chi connectivity index (χ1n) is 10.7. The third-order valence-electron chi connectivity index (χ3n) is 5.79. The summed E-state index contributed by atoms with van der Waals surface area (Å²) in [6.45, 7) is 6.21. The predicted octanol–water partition coefficient (Wildman–Crippen LogP) is 4.46. The minimum atomic E-state index is -0.345. The zero-order chi connectivity index (χ0) is 20.9. The van der Waals surface area contributed by atoms with Crippen LogP contribution in [-0.4, -0.2) is 53.4 Å². The van der Waals surface area contributed by atoms with Gasteiger partial charge in [-0.25, -0.2) is 4.39 Å². The summed E-state index contributed by atoms with van der Waals surface area (Å²) in [5.74, 6) is -0.370. The lowest BCUT2D eigenvalue weighted by atomic mass is 10.1. The van der Waals surface area contributed by atoms with Gasteiger partial charge in [-0.2, -0.15) is 0 Å². The summed E-state index contributed by atoms with van der Waals surface area (Å²) in [6.07, 6.45) is 3.15. The number of hydrogen-bond acceptors (Lipinski definition) is 3. The fraction of sp³-hybridized carbons (Fsp3) is 0.360. The number of carbonyl (C=O) groups is 1. The molecule has 1 amide bonds. The molecule has 0 spiro atoms. The van der Waals surface area contributed by atoms with Crippen molar-refractivity contribution in [1.82, 2.24) is 14.8 Å².